The van der Waals surface area contributed by atoms with Crippen molar-refractivity contribution in [3.05, 3.63) is 39.4 Å². The van der Waals surface area contributed by atoms with E-state index in [2.05, 4.69) is 15.9 Å². The summed E-state index contributed by atoms with van der Waals surface area (Å²) < 4.78 is 1.08. The van der Waals surface area contributed by atoms with E-state index >= 15 is 0 Å². The van der Waals surface area contributed by atoms with Crippen LogP contribution in [0.5, 0.6) is 0 Å². The van der Waals surface area contributed by atoms with Crippen molar-refractivity contribution < 1.29 is 4.79 Å². The SMILES string of the molecule is Cc1cc(/C=C/C(=O)CCl)c(C)cc1Br. The molecule has 3 heteroatoms. The Morgan fingerprint density at radius 2 is 2.07 bits per heavy atom. The normalized spacial score (nSPS) is 10.9. The van der Waals surface area contributed by atoms with E-state index < -0.39 is 0 Å². The van der Waals surface area contributed by atoms with Gasteiger partial charge in [0.15, 0.2) is 5.78 Å². The third-order valence-corrected chi connectivity index (χ3v) is 3.25. The van der Waals surface area contributed by atoms with Crippen molar-refractivity contribution in [3.8, 4) is 0 Å². The molecule has 0 aromatic heterocycles. The summed E-state index contributed by atoms with van der Waals surface area (Å²) in [7, 11) is 0. The number of hydrogen-bond acceptors (Lipinski definition) is 1. The summed E-state index contributed by atoms with van der Waals surface area (Å²) in [4.78, 5) is 11.0. The highest BCUT2D eigenvalue weighted by molar-refractivity contribution is 9.10. The lowest BCUT2D eigenvalue weighted by Crippen LogP contribution is -1.92. The molecule has 0 N–H and O–H groups in total. The van der Waals surface area contributed by atoms with Crippen LogP contribution in [0.25, 0.3) is 6.08 Å². The lowest BCUT2D eigenvalue weighted by Gasteiger charge is -2.04. The van der Waals surface area contributed by atoms with Gasteiger partial charge in [0.05, 0.1) is 5.88 Å². The Hall–Kier alpha value is -0.600. The fraction of sp³-hybridized carbons (Fsp3) is 0.250. The van der Waals surface area contributed by atoms with Gasteiger partial charge in [-0.3, -0.25) is 4.79 Å². The minimum atomic E-state index is -0.0726. The summed E-state index contributed by atoms with van der Waals surface area (Å²) in [5, 5.41) is 0. The van der Waals surface area contributed by atoms with Gasteiger partial charge in [-0.15, -0.1) is 11.6 Å². The summed E-state index contributed by atoms with van der Waals surface area (Å²) in [5.41, 5.74) is 3.33. The molecule has 0 amide bonds. The van der Waals surface area contributed by atoms with Gasteiger partial charge >= 0.3 is 0 Å². The van der Waals surface area contributed by atoms with E-state index in [1.54, 1.807) is 6.08 Å². The Kier molecular flexibility index (Phi) is 4.55. The lowest BCUT2D eigenvalue weighted by atomic mass is 10.1. The maximum atomic E-state index is 11.0. The Morgan fingerprint density at radius 3 is 2.67 bits per heavy atom. The molecule has 0 bridgehead atoms. The van der Waals surface area contributed by atoms with E-state index in [0.29, 0.717) is 0 Å². The molecule has 0 unspecified atom stereocenters. The minimum Gasteiger partial charge on any atom is -0.294 e. The Balaban J connectivity index is 3.00. The molecule has 15 heavy (non-hydrogen) atoms. The van der Waals surface area contributed by atoms with E-state index in [-0.39, 0.29) is 11.7 Å². The van der Waals surface area contributed by atoms with Crippen molar-refractivity contribution in [2.75, 3.05) is 5.88 Å². The van der Waals surface area contributed by atoms with Gasteiger partial charge in [0, 0.05) is 4.47 Å². The summed E-state index contributed by atoms with van der Waals surface area (Å²) >= 11 is 8.87. The van der Waals surface area contributed by atoms with E-state index in [1.165, 1.54) is 6.08 Å². The molecule has 0 heterocycles. The zero-order valence-corrected chi connectivity index (χ0v) is 11.0. The number of allylic oxidation sites excluding steroid dienone is 1. The fourth-order valence-corrected chi connectivity index (χ4v) is 1.76. The molecule has 80 valence electrons. The molecule has 0 saturated carbocycles. The highest BCUT2D eigenvalue weighted by atomic mass is 79.9. The molecule has 1 aromatic carbocycles. The van der Waals surface area contributed by atoms with E-state index in [0.717, 1.165) is 21.2 Å². The Bertz CT molecular complexity index is 410. The van der Waals surface area contributed by atoms with Crippen LogP contribution in [0.2, 0.25) is 0 Å². The topological polar surface area (TPSA) is 17.1 Å². The van der Waals surface area contributed by atoms with Gasteiger partial charge in [-0.1, -0.05) is 28.1 Å². The molecule has 0 saturated heterocycles. The monoisotopic (exact) mass is 286 g/mol. The summed E-state index contributed by atoms with van der Waals surface area (Å²) in [6.07, 6.45) is 3.32. The number of hydrogen-bond donors (Lipinski definition) is 0. The number of ketones is 1. The first kappa shape index (κ1) is 12.5. The van der Waals surface area contributed by atoms with Crippen LogP contribution in [-0.2, 0) is 4.79 Å². The molecule has 0 aliphatic carbocycles. The quantitative estimate of drug-likeness (QED) is 0.609. The maximum Gasteiger partial charge on any atom is 0.170 e. The predicted molar refractivity (Wildman–Crippen MR) is 68.4 cm³/mol. The maximum absolute atomic E-state index is 11.0. The van der Waals surface area contributed by atoms with Crippen LogP contribution in [0.3, 0.4) is 0 Å². The molecule has 0 radical (unpaired) electrons. The van der Waals surface area contributed by atoms with Gasteiger partial charge in [-0.2, -0.15) is 0 Å². The van der Waals surface area contributed by atoms with Gasteiger partial charge in [0.2, 0.25) is 0 Å². The Labute approximate surface area is 103 Å². The molecule has 1 rings (SSSR count). The molecule has 1 aromatic rings. The number of aryl methyl sites for hydroxylation is 2. The zero-order chi connectivity index (χ0) is 11.4. The van der Waals surface area contributed by atoms with Crippen LogP contribution in [0, 0.1) is 13.8 Å². The molecule has 0 aliphatic rings. The van der Waals surface area contributed by atoms with Gasteiger partial charge in [0.25, 0.3) is 0 Å². The first-order chi connectivity index (χ1) is 7.04. The van der Waals surface area contributed by atoms with Gasteiger partial charge in [-0.25, -0.2) is 0 Å². The van der Waals surface area contributed by atoms with Crippen molar-refractivity contribution in [3.63, 3.8) is 0 Å². The highest BCUT2D eigenvalue weighted by Crippen LogP contribution is 2.21. The smallest absolute Gasteiger partial charge is 0.170 e. The lowest BCUT2D eigenvalue weighted by molar-refractivity contribution is -0.112. The third kappa shape index (κ3) is 3.47. The summed E-state index contributed by atoms with van der Waals surface area (Å²) in [6, 6.07) is 4.08. The second kappa shape index (κ2) is 5.47. The number of benzene rings is 1. The van der Waals surface area contributed by atoms with Crippen LogP contribution in [0.1, 0.15) is 16.7 Å². The van der Waals surface area contributed by atoms with Crippen LogP contribution in [0.15, 0.2) is 22.7 Å². The largest absolute Gasteiger partial charge is 0.294 e. The van der Waals surface area contributed by atoms with Crippen LogP contribution >= 0.6 is 27.5 Å². The van der Waals surface area contributed by atoms with Crippen LogP contribution in [0.4, 0.5) is 0 Å². The van der Waals surface area contributed by atoms with E-state index in [9.17, 15) is 4.79 Å². The van der Waals surface area contributed by atoms with Crippen molar-refractivity contribution >= 4 is 39.4 Å². The summed E-state index contributed by atoms with van der Waals surface area (Å²) in [6.45, 7) is 4.03. The number of halogens is 2. The first-order valence-corrected chi connectivity index (χ1v) is 5.91. The van der Waals surface area contributed by atoms with Crippen molar-refractivity contribution in [2.45, 2.75) is 13.8 Å². The molecule has 1 nitrogen and oxygen atoms in total. The summed E-state index contributed by atoms with van der Waals surface area (Å²) in [5.74, 6) is -0.0398. The molecule has 0 spiro atoms. The standard InChI is InChI=1S/C12H12BrClO/c1-8-6-12(13)9(2)5-10(8)3-4-11(15)7-14/h3-6H,7H2,1-2H3/b4-3+. The minimum absolute atomic E-state index is 0.0328. The van der Waals surface area contributed by atoms with Crippen molar-refractivity contribution in [1.82, 2.24) is 0 Å². The second-order valence-corrected chi connectivity index (χ2v) is 4.51. The Morgan fingerprint density at radius 1 is 1.40 bits per heavy atom. The highest BCUT2D eigenvalue weighted by Gasteiger charge is 2.00. The number of alkyl halides is 1. The first-order valence-electron chi connectivity index (χ1n) is 4.58. The van der Waals surface area contributed by atoms with Crippen LogP contribution in [-0.4, -0.2) is 11.7 Å². The number of carbonyl (C=O) groups excluding carboxylic acids is 1. The van der Waals surface area contributed by atoms with E-state index in [4.69, 9.17) is 11.6 Å². The zero-order valence-electron chi connectivity index (χ0n) is 8.68. The van der Waals surface area contributed by atoms with Gasteiger partial charge < -0.3 is 0 Å². The molecular weight excluding hydrogens is 275 g/mol. The van der Waals surface area contributed by atoms with Crippen LogP contribution < -0.4 is 0 Å². The molecule has 0 atom stereocenters. The predicted octanol–water partition coefficient (Wildman–Crippen LogP) is 3.89. The average Bonchev–Trinajstić information content (AvgIpc) is 2.21. The molecular formula is C12H12BrClO. The van der Waals surface area contributed by atoms with Crippen molar-refractivity contribution in [1.29, 1.82) is 0 Å². The van der Waals surface area contributed by atoms with Gasteiger partial charge in [0.1, 0.15) is 0 Å². The molecule has 0 aliphatic heterocycles. The second-order valence-electron chi connectivity index (χ2n) is 3.39. The van der Waals surface area contributed by atoms with E-state index in [1.807, 2.05) is 26.0 Å². The number of carbonyl (C=O) groups is 1. The van der Waals surface area contributed by atoms with Gasteiger partial charge in [-0.05, 0) is 42.7 Å². The fourth-order valence-electron chi connectivity index (χ4n) is 1.21. The number of rotatable bonds is 3. The van der Waals surface area contributed by atoms with Crippen molar-refractivity contribution in [2.24, 2.45) is 0 Å². The third-order valence-electron chi connectivity index (χ3n) is 2.13. The average molecular weight is 288 g/mol. The molecule has 0 fully saturated rings.